The summed E-state index contributed by atoms with van der Waals surface area (Å²) in [7, 11) is 0. The predicted octanol–water partition coefficient (Wildman–Crippen LogP) is 6.20. The Morgan fingerprint density at radius 2 is 1.61 bits per heavy atom. The Kier molecular flexibility index (Phi) is 4.52. The third kappa shape index (κ3) is 3.44. The summed E-state index contributed by atoms with van der Waals surface area (Å²) in [5.74, 6) is 0.258. The first kappa shape index (κ1) is 18.1. The average molecular weight is 368 g/mol. The number of aromatic nitrogens is 2. The third-order valence-electron chi connectivity index (χ3n) is 5.02. The van der Waals surface area contributed by atoms with Gasteiger partial charge < -0.3 is 5.11 Å². The third-order valence-corrected chi connectivity index (χ3v) is 5.02. The molecular weight excluding hydrogens is 344 g/mol. The van der Waals surface area contributed by atoms with Crippen molar-refractivity contribution in [3.63, 3.8) is 0 Å². The molecule has 0 unspecified atom stereocenters. The molecule has 0 spiro atoms. The van der Waals surface area contributed by atoms with Crippen LogP contribution in [0.15, 0.2) is 73.2 Å². The summed E-state index contributed by atoms with van der Waals surface area (Å²) in [4.78, 5) is 4.05. The van der Waals surface area contributed by atoms with Gasteiger partial charge in [-0.3, -0.25) is 9.55 Å². The normalized spacial score (nSPS) is 12.1. The van der Waals surface area contributed by atoms with E-state index < -0.39 is 0 Å². The zero-order chi connectivity index (χ0) is 19.7. The van der Waals surface area contributed by atoms with Crippen LogP contribution in [0.4, 0.5) is 0 Å². The van der Waals surface area contributed by atoms with E-state index in [4.69, 9.17) is 0 Å². The van der Waals surface area contributed by atoms with Gasteiger partial charge in [0.2, 0.25) is 5.88 Å². The quantitative estimate of drug-likeness (QED) is 0.467. The molecule has 0 radical (unpaired) electrons. The molecule has 0 aliphatic heterocycles. The van der Waals surface area contributed by atoms with Gasteiger partial charge in [-0.1, -0.05) is 63.3 Å². The molecule has 0 atom stereocenters. The van der Waals surface area contributed by atoms with Gasteiger partial charge in [-0.15, -0.1) is 0 Å². The molecule has 0 aliphatic rings. The lowest BCUT2D eigenvalue weighted by Gasteiger charge is -2.19. The van der Waals surface area contributed by atoms with E-state index in [2.05, 4.69) is 50.0 Å². The number of hydrogen-bond donors (Lipinski definition) is 1. The highest BCUT2D eigenvalue weighted by Gasteiger charge is 2.15. The minimum atomic E-state index is 0.104. The molecule has 2 aromatic heterocycles. The fourth-order valence-electron chi connectivity index (χ4n) is 3.39. The van der Waals surface area contributed by atoms with Crippen LogP contribution >= 0.6 is 0 Å². The Balaban J connectivity index is 1.76. The van der Waals surface area contributed by atoms with Gasteiger partial charge in [-0.05, 0) is 46.4 Å². The molecule has 0 saturated heterocycles. The Bertz CT molecular complexity index is 1130. The number of pyridine rings is 1. The highest BCUT2D eigenvalue weighted by atomic mass is 16.3. The molecule has 1 N–H and O–H groups in total. The fourth-order valence-corrected chi connectivity index (χ4v) is 3.39. The van der Waals surface area contributed by atoms with Crippen molar-refractivity contribution in [2.75, 3.05) is 0 Å². The fraction of sp³-hybridized carbons (Fsp3) is 0.160. The topological polar surface area (TPSA) is 38.0 Å². The van der Waals surface area contributed by atoms with Crippen LogP contribution in [0.2, 0.25) is 0 Å². The molecule has 2 aromatic carbocycles. The van der Waals surface area contributed by atoms with Crippen LogP contribution in [-0.2, 0) is 5.41 Å². The van der Waals surface area contributed by atoms with E-state index in [9.17, 15) is 5.11 Å². The smallest absolute Gasteiger partial charge is 0.204 e. The van der Waals surface area contributed by atoms with Gasteiger partial charge in [-0.2, -0.15) is 0 Å². The van der Waals surface area contributed by atoms with Gasteiger partial charge in [0.1, 0.15) is 0 Å². The molecule has 3 nitrogen and oxygen atoms in total. The zero-order valence-electron chi connectivity index (χ0n) is 16.4. The van der Waals surface area contributed by atoms with Crippen LogP contribution in [0.25, 0.3) is 28.6 Å². The molecule has 0 fully saturated rings. The van der Waals surface area contributed by atoms with Crippen LogP contribution < -0.4 is 0 Å². The summed E-state index contributed by atoms with van der Waals surface area (Å²) in [6.07, 6.45) is 9.60. The minimum absolute atomic E-state index is 0.104. The highest BCUT2D eigenvalue weighted by molar-refractivity contribution is 5.97. The van der Waals surface area contributed by atoms with Crippen LogP contribution in [-0.4, -0.2) is 14.7 Å². The van der Waals surface area contributed by atoms with Crippen molar-refractivity contribution < 1.29 is 5.11 Å². The van der Waals surface area contributed by atoms with Crippen LogP contribution in [0.5, 0.6) is 5.88 Å². The van der Waals surface area contributed by atoms with Crippen LogP contribution in [0.1, 0.15) is 37.5 Å². The second-order valence-corrected chi connectivity index (χ2v) is 8.04. The molecule has 0 aliphatic carbocycles. The Labute approximate surface area is 165 Å². The van der Waals surface area contributed by atoms with Crippen molar-refractivity contribution >= 4 is 22.9 Å². The van der Waals surface area contributed by atoms with Crippen molar-refractivity contribution in [3.8, 4) is 11.6 Å². The predicted molar refractivity (Wildman–Crippen MR) is 117 cm³/mol. The Hall–Kier alpha value is -3.33. The molecule has 3 heteroatoms. The van der Waals surface area contributed by atoms with E-state index in [0.717, 1.165) is 27.6 Å². The molecule has 0 saturated carbocycles. The van der Waals surface area contributed by atoms with Gasteiger partial charge in [-0.25, -0.2) is 0 Å². The SMILES string of the molecule is CC(C)(C)c1ccc(-n2cc3cccc(C=Cc4ccncc4)c3c2O)cc1. The van der Waals surface area contributed by atoms with Gasteiger partial charge >= 0.3 is 0 Å². The van der Waals surface area contributed by atoms with E-state index in [0.29, 0.717) is 0 Å². The molecule has 28 heavy (non-hydrogen) atoms. The maximum absolute atomic E-state index is 11.0. The zero-order valence-corrected chi connectivity index (χ0v) is 16.4. The number of aromatic hydroxyl groups is 1. The number of nitrogens with zero attached hydrogens (tertiary/aromatic N) is 2. The van der Waals surface area contributed by atoms with Crippen molar-refractivity contribution in [3.05, 3.63) is 89.9 Å². The van der Waals surface area contributed by atoms with Crippen molar-refractivity contribution in [2.24, 2.45) is 0 Å². The lowest BCUT2D eigenvalue weighted by atomic mass is 9.87. The lowest BCUT2D eigenvalue weighted by Crippen LogP contribution is -2.10. The maximum atomic E-state index is 11.0. The summed E-state index contributed by atoms with van der Waals surface area (Å²) in [5, 5.41) is 12.8. The second kappa shape index (κ2) is 7.01. The molecule has 140 valence electrons. The standard InChI is InChI=1S/C25H24N2O/c1-25(2,3)21-9-11-22(12-10-21)27-17-20-6-4-5-19(23(20)24(27)28)8-7-18-13-15-26-16-14-18/h4-17,28H,1-3H3. The van der Waals surface area contributed by atoms with Crippen molar-refractivity contribution in [1.29, 1.82) is 0 Å². The van der Waals surface area contributed by atoms with Gasteiger partial charge in [0.15, 0.2) is 0 Å². The molecule has 4 rings (SSSR count). The van der Waals surface area contributed by atoms with E-state index in [1.54, 1.807) is 12.4 Å². The molecule has 4 aromatic rings. The van der Waals surface area contributed by atoms with Gasteiger partial charge in [0.25, 0.3) is 0 Å². The van der Waals surface area contributed by atoms with Crippen LogP contribution in [0.3, 0.4) is 0 Å². The average Bonchev–Trinajstić information content (AvgIpc) is 3.04. The molecule has 2 heterocycles. The van der Waals surface area contributed by atoms with Crippen LogP contribution in [0, 0.1) is 0 Å². The highest BCUT2D eigenvalue weighted by Crippen LogP contribution is 2.34. The monoisotopic (exact) mass is 368 g/mol. The van der Waals surface area contributed by atoms with E-state index >= 15 is 0 Å². The van der Waals surface area contributed by atoms with Crippen molar-refractivity contribution in [1.82, 2.24) is 9.55 Å². The summed E-state index contributed by atoms with van der Waals surface area (Å²) in [5.41, 5.74) is 4.38. The Morgan fingerprint density at radius 3 is 2.29 bits per heavy atom. The van der Waals surface area contributed by atoms with Gasteiger partial charge in [0, 0.05) is 29.7 Å². The largest absolute Gasteiger partial charge is 0.494 e. The Morgan fingerprint density at radius 1 is 0.893 bits per heavy atom. The molecule has 0 bridgehead atoms. The summed E-state index contributed by atoms with van der Waals surface area (Å²) in [6, 6.07) is 18.4. The minimum Gasteiger partial charge on any atom is -0.494 e. The first-order chi connectivity index (χ1) is 13.4. The maximum Gasteiger partial charge on any atom is 0.204 e. The number of fused-ring (bicyclic) bond motifs is 1. The molecule has 0 amide bonds. The van der Waals surface area contributed by atoms with E-state index in [1.807, 2.05) is 53.2 Å². The van der Waals surface area contributed by atoms with Crippen molar-refractivity contribution in [2.45, 2.75) is 26.2 Å². The molecular formula is C25H24N2O. The number of hydrogen-bond acceptors (Lipinski definition) is 2. The first-order valence-corrected chi connectivity index (χ1v) is 9.45. The summed E-state index contributed by atoms with van der Waals surface area (Å²) >= 11 is 0. The van der Waals surface area contributed by atoms with E-state index in [1.165, 1.54) is 5.56 Å². The number of rotatable bonds is 3. The van der Waals surface area contributed by atoms with E-state index in [-0.39, 0.29) is 11.3 Å². The summed E-state index contributed by atoms with van der Waals surface area (Å²) in [6.45, 7) is 6.60. The summed E-state index contributed by atoms with van der Waals surface area (Å²) < 4.78 is 1.85. The lowest BCUT2D eigenvalue weighted by molar-refractivity contribution is 0.448. The van der Waals surface area contributed by atoms with Gasteiger partial charge in [0.05, 0.1) is 5.39 Å². The second-order valence-electron chi connectivity index (χ2n) is 8.04. The number of benzene rings is 2. The first-order valence-electron chi connectivity index (χ1n) is 9.45.